The molecule has 0 aliphatic carbocycles. The van der Waals surface area contributed by atoms with Crippen LogP contribution in [-0.2, 0) is 33.3 Å². The fraction of sp³-hybridized carbons (Fsp3) is 0.643. The fourth-order valence-corrected chi connectivity index (χ4v) is 1.25. The predicted octanol–water partition coefficient (Wildman–Crippen LogP) is 1.35. The lowest BCUT2D eigenvalue weighted by molar-refractivity contribution is -0.152. The summed E-state index contributed by atoms with van der Waals surface area (Å²) in [6.45, 7) is 7.03. The molecule has 0 fully saturated rings. The van der Waals surface area contributed by atoms with Crippen LogP contribution in [0.4, 0.5) is 0 Å². The molecule has 7 heteroatoms. The number of hydrogen-bond acceptors (Lipinski definition) is 7. The number of rotatable bonds is 9. The quantitative estimate of drug-likeness (QED) is 0.275. The maximum atomic E-state index is 11.7. The van der Waals surface area contributed by atoms with Gasteiger partial charge in [0.1, 0.15) is 0 Å². The minimum absolute atomic E-state index is 0.0218. The van der Waals surface area contributed by atoms with Crippen molar-refractivity contribution < 1.29 is 33.3 Å². The lowest BCUT2D eigenvalue weighted by Gasteiger charge is -2.12. The van der Waals surface area contributed by atoms with Gasteiger partial charge in [0.15, 0.2) is 6.10 Å². The van der Waals surface area contributed by atoms with E-state index < -0.39 is 24.0 Å². The van der Waals surface area contributed by atoms with E-state index in [0.29, 0.717) is 0 Å². The average molecular weight is 302 g/mol. The minimum atomic E-state index is -0.892. The Bertz CT molecular complexity index is 387. The maximum absolute atomic E-state index is 11.7. The van der Waals surface area contributed by atoms with Crippen LogP contribution >= 0.6 is 0 Å². The van der Waals surface area contributed by atoms with Crippen molar-refractivity contribution in [3.63, 3.8) is 0 Å². The van der Waals surface area contributed by atoms with Gasteiger partial charge in [-0.2, -0.15) is 0 Å². The van der Waals surface area contributed by atoms with Crippen molar-refractivity contribution in [1.29, 1.82) is 0 Å². The summed E-state index contributed by atoms with van der Waals surface area (Å²) >= 11 is 0. The Morgan fingerprint density at radius 1 is 0.952 bits per heavy atom. The summed E-state index contributed by atoms with van der Waals surface area (Å²) in [5, 5.41) is 0. The van der Waals surface area contributed by atoms with Gasteiger partial charge in [0.2, 0.25) is 0 Å². The zero-order chi connectivity index (χ0) is 16.3. The van der Waals surface area contributed by atoms with Crippen molar-refractivity contribution >= 4 is 17.9 Å². The van der Waals surface area contributed by atoms with Crippen molar-refractivity contribution in [2.45, 2.75) is 40.2 Å². The van der Waals surface area contributed by atoms with E-state index in [9.17, 15) is 14.4 Å². The van der Waals surface area contributed by atoms with Crippen LogP contribution in [0.25, 0.3) is 0 Å². The molecule has 21 heavy (non-hydrogen) atoms. The van der Waals surface area contributed by atoms with Crippen LogP contribution in [0.1, 0.15) is 34.1 Å². The zero-order valence-electron chi connectivity index (χ0n) is 12.8. The molecular formula is C14H22O7. The first-order valence-electron chi connectivity index (χ1n) is 6.80. The van der Waals surface area contributed by atoms with E-state index in [1.165, 1.54) is 6.92 Å². The number of ether oxygens (including phenoxy) is 4. The van der Waals surface area contributed by atoms with Crippen LogP contribution in [0.5, 0.6) is 0 Å². The minimum Gasteiger partial charge on any atom is -0.486 e. The smallest absolute Gasteiger partial charge is 0.346 e. The predicted molar refractivity (Wildman–Crippen MR) is 73.1 cm³/mol. The van der Waals surface area contributed by atoms with Crippen molar-refractivity contribution in [3.05, 3.63) is 11.8 Å². The topological polar surface area (TPSA) is 88.1 Å². The SMILES string of the molecule is CCOC(=O)C/C(=C\OC(C)C(=O)OCC)C(=O)OCC. The summed E-state index contributed by atoms with van der Waals surface area (Å²) < 4.78 is 19.5. The van der Waals surface area contributed by atoms with Gasteiger partial charge >= 0.3 is 17.9 Å². The van der Waals surface area contributed by atoms with E-state index in [1.807, 2.05) is 0 Å². The van der Waals surface area contributed by atoms with E-state index >= 15 is 0 Å². The van der Waals surface area contributed by atoms with Gasteiger partial charge in [-0.25, -0.2) is 9.59 Å². The highest BCUT2D eigenvalue weighted by atomic mass is 16.6. The number of hydrogen-bond donors (Lipinski definition) is 0. The third-order valence-electron chi connectivity index (χ3n) is 2.21. The first-order valence-corrected chi connectivity index (χ1v) is 6.80. The Labute approximate surface area is 124 Å². The molecule has 0 bridgehead atoms. The standard InChI is InChI=1S/C14H22O7/c1-5-18-12(15)8-11(14(17)20-7-3)9-21-10(4)13(16)19-6-2/h9-10H,5-8H2,1-4H3/b11-9+. The van der Waals surface area contributed by atoms with Gasteiger partial charge in [-0.3, -0.25) is 4.79 Å². The molecule has 0 spiro atoms. The third-order valence-corrected chi connectivity index (χ3v) is 2.21. The molecule has 0 rings (SSSR count). The highest BCUT2D eigenvalue weighted by Crippen LogP contribution is 2.08. The van der Waals surface area contributed by atoms with Gasteiger partial charge in [0.25, 0.3) is 0 Å². The van der Waals surface area contributed by atoms with E-state index in [1.54, 1.807) is 20.8 Å². The Balaban J connectivity index is 4.77. The molecule has 0 aromatic rings. The molecular weight excluding hydrogens is 280 g/mol. The van der Waals surface area contributed by atoms with Gasteiger partial charge < -0.3 is 18.9 Å². The largest absolute Gasteiger partial charge is 0.486 e. The first kappa shape index (κ1) is 18.9. The summed E-state index contributed by atoms with van der Waals surface area (Å²) in [7, 11) is 0. The summed E-state index contributed by atoms with van der Waals surface area (Å²) in [6.07, 6.45) is -0.143. The van der Waals surface area contributed by atoms with Gasteiger partial charge in [-0.05, 0) is 27.7 Å². The normalized spacial score (nSPS) is 12.3. The van der Waals surface area contributed by atoms with Crippen molar-refractivity contribution in [2.24, 2.45) is 0 Å². The second-order valence-corrected chi connectivity index (χ2v) is 3.88. The van der Waals surface area contributed by atoms with E-state index in [2.05, 4.69) is 0 Å². The Morgan fingerprint density at radius 3 is 2.05 bits per heavy atom. The van der Waals surface area contributed by atoms with Crippen molar-refractivity contribution in [2.75, 3.05) is 19.8 Å². The lowest BCUT2D eigenvalue weighted by Crippen LogP contribution is -2.22. The van der Waals surface area contributed by atoms with Gasteiger partial charge in [0.05, 0.1) is 38.1 Å². The Morgan fingerprint density at radius 2 is 1.52 bits per heavy atom. The van der Waals surface area contributed by atoms with E-state index in [0.717, 1.165) is 6.26 Å². The molecule has 0 aromatic carbocycles. The molecule has 0 saturated heterocycles. The molecule has 0 heterocycles. The molecule has 0 N–H and O–H groups in total. The van der Waals surface area contributed by atoms with Crippen LogP contribution in [0.2, 0.25) is 0 Å². The number of carbonyl (C=O) groups is 3. The number of esters is 3. The fourth-order valence-electron chi connectivity index (χ4n) is 1.25. The molecule has 7 nitrogen and oxygen atoms in total. The average Bonchev–Trinajstić information content (AvgIpc) is 2.43. The lowest BCUT2D eigenvalue weighted by atomic mass is 10.2. The summed E-state index contributed by atoms with van der Waals surface area (Å²) in [6, 6.07) is 0. The maximum Gasteiger partial charge on any atom is 0.346 e. The highest BCUT2D eigenvalue weighted by Gasteiger charge is 2.19. The molecule has 0 saturated carbocycles. The second-order valence-electron chi connectivity index (χ2n) is 3.88. The van der Waals surface area contributed by atoms with Crippen LogP contribution < -0.4 is 0 Å². The molecule has 0 aromatic heterocycles. The van der Waals surface area contributed by atoms with Crippen LogP contribution in [0.15, 0.2) is 11.8 Å². The van der Waals surface area contributed by atoms with E-state index in [4.69, 9.17) is 18.9 Å². The number of carbonyl (C=O) groups excluding carboxylic acids is 3. The molecule has 0 radical (unpaired) electrons. The first-order chi connectivity index (χ1) is 9.96. The summed E-state index contributed by atoms with van der Waals surface area (Å²) in [5.41, 5.74) is -0.0218. The van der Waals surface area contributed by atoms with Gasteiger partial charge in [-0.1, -0.05) is 0 Å². The van der Waals surface area contributed by atoms with Crippen molar-refractivity contribution in [1.82, 2.24) is 0 Å². The Hall–Kier alpha value is -2.05. The monoisotopic (exact) mass is 302 g/mol. The van der Waals surface area contributed by atoms with Gasteiger partial charge in [-0.15, -0.1) is 0 Å². The summed E-state index contributed by atoms with van der Waals surface area (Å²) in [5.74, 6) is -1.83. The van der Waals surface area contributed by atoms with E-state index in [-0.39, 0.29) is 31.8 Å². The molecule has 1 atom stereocenters. The zero-order valence-corrected chi connectivity index (χ0v) is 12.8. The van der Waals surface area contributed by atoms with Crippen LogP contribution in [0, 0.1) is 0 Å². The second kappa shape index (κ2) is 10.7. The van der Waals surface area contributed by atoms with Gasteiger partial charge in [0, 0.05) is 0 Å². The molecule has 120 valence electrons. The summed E-state index contributed by atoms with van der Waals surface area (Å²) in [4.78, 5) is 34.5. The third kappa shape index (κ3) is 7.96. The van der Waals surface area contributed by atoms with Crippen LogP contribution in [-0.4, -0.2) is 43.8 Å². The van der Waals surface area contributed by atoms with Crippen molar-refractivity contribution in [3.8, 4) is 0 Å². The van der Waals surface area contributed by atoms with Crippen LogP contribution in [0.3, 0.4) is 0 Å². The molecule has 0 aliphatic rings. The molecule has 1 unspecified atom stereocenters. The Kier molecular flexibility index (Phi) is 9.66. The molecule has 0 amide bonds. The highest BCUT2D eigenvalue weighted by molar-refractivity contribution is 5.93. The molecule has 0 aliphatic heterocycles.